The Morgan fingerprint density at radius 2 is 2.00 bits per heavy atom. The van der Waals surface area contributed by atoms with Gasteiger partial charge in [-0.15, -0.1) is 0 Å². The summed E-state index contributed by atoms with van der Waals surface area (Å²) in [4.78, 5) is 10.9. The Balaban J connectivity index is 3.13. The molecule has 0 saturated carbocycles. The molecule has 82 valence electrons. The fourth-order valence-corrected chi connectivity index (χ4v) is 1.27. The van der Waals surface area contributed by atoms with E-state index in [0.29, 0.717) is 22.9 Å². The van der Waals surface area contributed by atoms with Crippen LogP contribution in [-0.2, 0) is 4.79 Å². The lowest BCUT2D eigenvalue weighted by Crippen LogP contribution is -2.07. The zero-order valence-electron chi connectivity index (χ0n) is 8.96. The van der Waals surface area contributed by atoms with E-state index in [9.17, 15) is 4.79 Å². The van der Waals surface area contributed by atoms with Crippen molar-refractivity contribution in [3.8, 4) is 11.5 Å². The van der Waals surface area contributed by atoms with E-state index in [4.69, 9.17) is 15.2 Å². The molecule has 1 aromatic carbocycles. The molecule has 1 amide bonds. The van der Waals surface area contributed by atoms with Crippen molar-refractivity contribution in [3.63, 3.8) is 0 Å². The minimum absolute atomic E-state index is 0.165. The quantitative estimate of drug-likeness (QED) is 0.736. The van der Waals surface area contributed by atoms with Gasteiger partial charge in [0.25, 0.3) is 0 Å². The van der Waals surface area contributed by atoms with Crippen LogP contribution in [0.3, 0.4) is 0 Å². The lowest BCUT2D eigenvalue weighted by molar-refractivity contribution is -0.114. The molecule has 1 aromatic rings. The third kappa shape index (κ3) is 2.52. The van der Waals surface area contributed by atoms with Gasteiger partial charge >= 0.3 is 0 Å². The van der Waals surface area contributed by atoms with Crippen LogP contribution in [0, 0.1) is 0 Å². The number of nitrogens with one attached hydrogen (secondary N) is 1. The molecule has 0 atom stereocenters. The van der Waals surface area contributed by atoms with Crippen LogP contribution >= 0.6 is 0 Å². The maximum absolute atomic E-state index is 10.9. The molecular formula is C10H14N2O3. The highest BCUT2D eigenvalue weighted by Crippen LogP contribution is 2.36. The smallest absolute Gasteiger partial charge is 0.221 e. The largest absolute Gasteiger partial charge is 0.493 e. The van der Waals surface area contributed by atoms with E-state index < -0.39 is 0 Å². The predicted octanol–water partition coefficient (Wildman–Crippen LogP) is 1.24. The van der Waals surface area contributed by atoms with Crippen molar-refractivity contribution in [2.75, 3.05) is 25.3 Å². The van der Waals surface area contributed by atoms with Crippen molar-refractivity contribution < 1.29 is 14.3 Å². The summed E-state index contributed by atoms with van der Waals surface area (Å²) in [5, 5.41) is 2.62. The molecular weight excluding hydrogens is 196 g/mol. The minimum atomic E-state index is -0.165. The molecule has 0 bridgehead atoms. The summed E-state index contributed by atoms with van der Waals surface area (Å²) in [5.74, 6) is 0.787. The van der Waals surface area contributed by atoms with Crippen molar-refractivity contribution in [2.45, 2.75) is 6.92 Å². The highest BCUT2D eigenvalue weighted by Gasteiger charge is 2.10. The van der Waals surface area contributed by atoms with Crippen LogP contribution in [0.1, 0.15) is 6.92 Å². The molecule has 5 heteroatoms. The molecule has 3 N–H and O–H groups in total. The topological polar surface area (TPSA) is 73.6 Å². The van der Waals surface area contributed by atoms with Gasteiger partial charge in [-0.25, -0.2) is 0 Å². The summed E-state index contributed by atoms with van der Waals surface area (Å²) in [5.41, 5.74) is 6.73. The number of carbonyl (C=O) groups is 1. The molecule has 15 heavy (non-hydrogen) atoms. The van der Waals surface area contributed by atoms with Gasteiger partial charge in [-0.05, 0) is 6.07 Å². The molecule has 5 nitrogen and oxygen atoms in total. The summed E-state index contributed by atoms with van der Waals surface area (Å²) in [6.45, 7) is 1.42. The van der Waals surface area contributed by atoms with E-state index in [1.54, 1.807) is 12.1 Å². The van der Waals surface area contributed by atoms with Crippen molar-refractivity contribution >= 4 is 17.3 Å². The standard InChI is InChI=1S/C10H14N2O3/c1-6(13)12-7-4-8(11)10(15-3)9(5-7)14-2/h4-5H,11H2,1-3H3,(H,12,13). The van der Waals surface area contributed by atoms with Crippen molar-refractivity contribution in [2.24, 2.45) is 0 Å². The first-order valence-corrected chi connectivity index (χ1v) is 4.37. The molecule has 0 aliphatic rings. The molecule has 0 aliphatic carbocycles. The summed E-state index contributed by atoms with van der Waals surface area (Å²) in [6.07, 6.45) is 0. The highest BCUT2D eigenvalue weighted by molar-refractivity contribution is 5.90. The fourth-order valence-electron chi connectivity index (χ4n) is 1.27. The SMILES string of the molecule is COc1cc(NC(C)=O)cc(N)c1OC. The zero-order valence-corrected chi connectivity index (χ0v) is 8.96. The molecule has 0 aromatic heterocycles. The highest BCUT2D eigenvalue weighted by atomic mass is 16.5. The van der Waals surface area contributed by atoms with Gasteiger partial charge in [0.05, 0.1) is 19.9 Å². The number of hydrogen-bond acceptors (Lipinski definition) is 4. The second-order valence-electron chi connectivity index (χ2n) is 2.98. The number of amides is 1. The van der Waals surface area contributed by atoms with Crippen molar-refractivity contribution in [1.82, 2.24) is 0 Å². The summed E-state index contributed by atoms with van der Waals surface area (Å²) in [7, 11) is 3.02. The number of nitrogens with two attached hydrogens (primary N) is 1. The normalized spacial score (nSPS) is 9.53. The summed E-state index contributed by atoms with van der Waals surface area (Å²) < 4.78 is 10.1. The van der Waals surface area contributed by atoms with Crippen molar-refractivity contribution in [1.29, 1.82) is 0 Å². The molecule has 1 rings (SSSR count). The first-order valence-electron chi connectivity index (χ1n) is 4.37. The average molecular weight is 210 g/mol. The van der Waals surface area contributed by atoms with Gasteiger partial charge in [0.1, 0.15) is 0 Å². The van der Waals surface area contributed by atoms with Crippen LogP contribution in [0.15, 0.2) is 12.1 Å². The number of ether oxygens (including phenoxy) is 2. The first-order chi connectivity index (χ1) is 7.08. The van der Waals surface area contributed by atoms with Gasteiger partial charge in [0.15, 0.2) is 11.5 Å². The van der Waals surface area contributed by atoms with E-state index in [2.05, 4.69) is 5.32 Å². The number of anilines is 2. The second-order valence-corrected chi connectivity index (χ2v) is 2.98. The van der Waals surface area contributed by atoms with Crippen LogP contribution in [0.25, 0.3) is 0 Å². The summed E-state index contributed by atoms with van der Waals surface area (Å²) in [6, 6.07) is 3.26. The van der Waals surface area contributed by atoms with Crippen molar-refractivity contribution in [3.05, 3.63) is 12.1 Å². The molecule has 0 spiro atoms. The molecule has 0 unspecified atom stereocenters. The van der Waals surface area contributed by atoms with E-state index in [0.717, 1.165) is 0 Å². The Kier molecular flexibility index (Phi) is 3.38. The molecule has 0 aliphatic heterocycles. The Labute approximate surface area is 88.2 Å². The Morgan fingerprint density at radius 3 is 2.47 bits per heavy atom. The molecule has 0 saturated heterocycles. The van der Waals surface area contributed by atoms with Crippen LogP contribution in [0.4, 0.5) is 11.4 Å². The summed E-state index contributed by atoms with van der Waals surface area (Å²) >= 11 is 0. The van der Waals surface area contributed by atoms with Crippen LogP contribution in [0.2, 0.25) is 0 Å². The number of methoxy groups -OCH3 is 2. The van der Waals surface area contributed by atoms with Gasteiger partial charge in [-0.3, -0.25) is 4.79 Å². The molecule has 0 radical (unpaired) electrons. The minimum Gasteiger partial charge on any atom is -0.493 e. The first kappa shape index (κ1) is 11.2. The van der Waals surface area contributed by atoms with Crippen LogP contribution < -0.4 is 20.5 Å². The van der Waals surface area contributed by atoms with E-state index in [-0.39, 0.29) is 5.91 Å². The predicted molar refractivity (Wildman–Crippen MR) is 58.3 cm³/mol. The number of nitrogen functional groups attached to an aromatic ring is 1. The number of benzene rings is 1. The van der Waals surface area contributed by atoms with Gasteiger partial charge in [0, 0.05) is 18.7 Å². The lowest BCUT2D eigenvalue weighted by Gasteiger charge is -2.12. The Morgan fingerprint density at radius 1 is 1.33 bits per heavy atom. The maximum Gasteiger partial charge on any atom is 0.221 e. The fraction of sp³-hybridized carbons (Fsp3) is 0.300. The second kappa shape index (κ2) is 4.54. The van der Waals surface area contributed by atoms with Gasteiger partial charge in [0.2, 0.25) is 5.91 Å². The number of hydrogen-bond donors (Lipinski definition) is 2. The van der Waals surface area contributed by atoms with Crippen LogP contribution in [-0.4, -0.2) is 20.1 Å². The molecule has 0 heterocycles. The van der Waals surface area contributed by atoms with E-state index >= 15 is 0 Å². The number of carbonyl (C=O) groups excluding carboxylic acids is 1. The van der Waals surface area contributed by atoms with E-state index in [1.807, 2.05) is 0 Å². The van der Waals surface area contributed by atoms with Gasteiger partial charge < -0.3 is 20.5 Å². The average Bonchev–Trinajstić information content (AvgIpc) is 2.15. The zero-order chi connectivity index (χ0) is 11.4. The van der Waals surface area contributed by atoms with Crippen LogP contribution in [0.5, 0.6) is 11.5 Å². The monoisotopic (exact) mass is 210 g/mol. The third-order valence-corrected chi connectivity index (χ3v) is 1.83. The third-order valence-electron chi connectivity index (χ3n) is 1.83. The Bertz CT molecular complexity index is 377. The Hall–Kier alpha value is -1.91. The maximum atomic E-state index is 10.9. The van der Waals surface area contributed by atoms with Gasteiger partial charge in [-0.1, -0.05) is 0 Å². The number of rotatable bonds is 3. The lowest BCUT2D eigenvalue weighted by atomic mass is 10.2. The van der Waals surface area contributed by atoms with Gasteiger partial charge in [-0.2, -0.15) is 0 Å². The van der Waals surface area contributed by atoms with E-state index in [1.165, 1.54) is 21.1 Å². The molecule has 0 fully saturated rings.